The molecule has 4 N–H and O–H groups in total. The Bertz CT molecular complexity index is 289. The van der Waals surface area contributed by atoms with Gasteiger partial charge in [-0.2, -0.15) is 0 Å². The predicted molar refractivity (Wildman–Crippen MR) is 51.4 cm³/mol. The summed E-state index contributed by atoms with van der Waals surface area (Å²) in [4.78, 5) is 22.0. The van der Waals surface area contributed by atoms with Crippen molar-refractivity contribution in [2.75, 3.05) is 0 Å². The van der Waals surface area contributed by atoms with E-state index < -0.39 is 31.1 Å². The van der Waals surface area contributed by atoms with Crippen molar-refractivity contribution in [3.05, 3.63) is 0 Å². The van der Waals surface area contributed by atoms with E-state index in [-0.39, 0.29) is 5.82 Å². The van der Waals surface area contributed by atoms with Gasteiger partial charge in [-0.15, -0.1) is 0 Å². The summed E-state index contributed by atoms with van der Waals surface area (Å²) in [6.45, 7) is 2.05. The third-order valence-electron chi connectivity index (χ3n) is 2.92. The van der Waals surface area contributed by atoms with Gasteiger partial charge in [0.05, 0.1) is 0 Å². The van der Waals surface area contributed by atoms with Gasteiger partial charge in [-0.3, -0.25) is 9.59 Å². The van der Waals surface area contributed by atoms with E-state index in [9.17, 15) is 9.59 Å². The second kappa shape index (κ2) is 3.50. The van der Waals surface area contributed by atoms with Gasteiger partial charge in [0.1, 0.15) is 0 Å². The maximum absolute atomic E-state index is 11.0. The molecule has 6 nitrogen and oxygen atoms in total. The number of nitrogens with two attached hydrogens (primary N) is 2. The van der Waals surface area contributed by atoms with Crippen LogP contribution in [0.15, 0.2) is 0 Å². The maximum atomic E-state index is 11.0. The molecule has 4 atom stereocenters. The van der Waals surface area contributed by atoms with Crippen LogP contribution in [-0.2, 0) is 18.9 Å². The number of hydrogen-bond donors (Lipinski definition) is 2. The van der Waals surface area contributed by atoms with Crippen molar-refractivity contribution in [2.45, 2.75) is 31.4 Å². The van der Waals surface area contributed by atoms with Gasteiger partial charge in [0.2, 0.25) is 11.8 Å². The fraction of sp³-hybridized carbons (Fsp3) is 0.750. The van der Waals surface area contributed by atoms with E-state index in [1.165, 1.54) is 0 Å². The Morgan fingerprint density at radius 2 is 1.60 bits per heavy atom. The third kappa shape index (κ3) is 1.84. The summed E-state index contributed by atoms with van der Waals surface area (Å²) in [5, 5.41) is 0. The SMILES string of the molecule is CC1CC1B1O[C@H](C(N)=O)[C@@H](C(N)=O)O1. The third-order valence-corrected chi connectivity index (χ3v) is 2.92. The molecular formula is C8H13BN2O4. The van der Waals surface area contributed by atoms with Crippen LogP contribution in [0.25, 0.3) is 0 Å². The number of amides is 2. The Balaban J connectivity index is 2.05. The van der Waals surface area contributed by atoms with E-state index in [4.69, 9.17) is 20.8 Å². The molecule has 2 rings (SSSR count). The van der Waals surface area contributed by atoms with Crippen molar-refractivity contribution < 1.29 is 18.9 Å². The fourth-order valence-corrected chi connectivity index (χ4v) is 1.83. The van der Waals surface area contributed by atoms with Gasteiger partial charge in [-0.05, 0) is 18.2 Å². The summed E-state index contributed by atoms with van der Waals surface area (Å²) in [5.41, 5.74) is 10.2. The molecule has 0 bridgehead atoms. The highest BCUT2D eigenvalue weighted by Crippen LogP contribution is 2.49. The fourth-order valence-electron chi connectivity index (χ4n) is 1.83. The van der Waals surface area contributed by atoms with E-state index in [1.54, 1.807) is 0 Å². The van der Waals surface area contributed by atoms with Crippen molar-refractivity contribution in [3.63, 3.8) is 0 Å². The molecule has 15 heavy (non-hydrogen) atoms. The summed E-state index contributed by atoms with van der Waals surface area (Å²) in [6, 6.07) is 0. The van der Waals surface area contributed by atoms with Gasteiger partial charge in [0.25, 0.3) is 0 Å². The van der Waals surface area contributed by atoms with Crippen molar-refractivity contribution in [1.82, 2.24) is 0 Å². The van der Waals surface area contributed by atoms with E-state index >= 15 is 0 Å². The second-order valence-corrected chi connectivity index (χ2v) is 4.16. The minimum absolute atomic E-state index is 0.246. The van der Waals surface area contributed by atoms with E-state index in [1.807, 2.05) is 6.92 Å². The number of hydrogen-bond acceptors (Lipinski definition) is 4. The van der Waals surface area contributed by atoms with Crippen LogP contribution in [0.1, 0.15) is 13.3 Å². The first-order valence-electron chi connectivity index (χ1n) is 4.90. The van der Waals surface area contributed by atoms with Crippen LogP contribution in [-0.4, -0.2) is 31.1 Å². The van der Waals surface area contributed by atoms with Crippen LogP contribution in [0, 0.1) is 5.92 Å². The molecule has 0 aromatic heterocycles. The Hall–Kier alpha value is -1.08. The van der Waals surface area contributed by atoms with Crippen LogP contribution < -0.4 is 11.5 Å². The Morgan fingerprint density at radius 3 is 1.87 bits per heavy atom. The monoisotopic (exact) mass is 212 g/mol. The molecule has 2 unspecified atom stereocenters. The molecule has 1 aliphatic carbocycles. The highest BCUT2D eigenvalue weighted by Gasteiger charge is 2.55. The molecule has 7 heteroatoms. The summed E-state index contributed by atoms with van der Waals surface area (Å²) in [5.74, 6) is -0.685. The quantitative estimate of drug-likeness (QED) is 0.563. The van der Waals surface area contributed by atoms with Crippen LogP contribution in [0.5, 0.6) is 0 Å². The van der Waals surface area contributed by atoms with E-state index in [2.05, 4.69) is 0 Å². The van der Waals surface area contributed by atoms with Crippen molar-refractivity contribution in [2.24, 2.45) is 17.4 Å². The number of primary amides is 2. The van der Waals surface area contributed by atoms with Crippen LogP contribution >= 0.6 is 0 Å². The number of rotatable bonds is 3. The highest BCUT2D eigenvalue weighted by atomic mass is 16.7. The molecule has 2 aliphatic rings. The molecule has 82 valence electrons. The molecule has 0 aromatic carbocycles. The molecule has 1 saturated heterocycles. The second-order valence-electron chi connectivity index (χ2n) is 4.16. The van der Waals surface area contributed by atoms with Gasteiger partial charge >= 0.3 is 7.12 Å². The standard InChI is InChI=1S/C8H13BN2O4/c1-3-2-4(3)9-14-5(7(10)12)6(15-9)8(11)13/h3-6H,2H2,1H3,(H2,10,12)(H2,11,13)/t3?,4?,5-,6-/m0/s1. The Morgan fingerprint density at radius 1 is 1.20 bits per heavy atom. The minimum atomic E-state index is -1.04. The van der Waals surface area contributed by atoms with Crippen molar-refractivity contribution >= 4 is 18.9 Å². The number of carbonyl (C=O) groups excluding carboxylic acids is 2. The molecule has 2 amide bonds. The van der Waals surface area contributed by atoms with E-state index in [0.29, 0.717) is 5.92 Å². The number of carbonyl (C=O) groups is 2. The molecule has 0 radical (unpaired) electrons. The largest absolute Gasteiger partial charge is 0.461 e. The molecule has 0 aromatic rings. The average Bonchev–Trinajstić information content (AvgIpc) is 2.72. The maximum Gasteiger partial charge on any atom is 0.461 e. The summed E-state index contributed by atoms with van der Waals surface area (Å²) in [7, 11) is -0.519. The minimum Gasteiger partial charge on any atom is -0.396 e. The molecule has 2 fully saturated rings. The first-order valence-corrected chi connectivity index (χ1v) is 4.90. The highest BCUT2D eigenvalue weighted by molar-refractivity contribution is 6.49. The van der Waals surface area contributed by atoms with Crippen LogP contribution in [0.2, 0.25) is 5.82 Å². The van der Waals surface area contributed by atoms with Crippen molar-refractivity contribution in [1.29, 1.82) is 0 Å². The smallest absolute Gasteiger partial charge is 0.396 e. The lowest BCUT2D eigenvalue weighted by Crippen LogP contribution is -2.44. The lowest BCUT2D eigenvalue weighted by atomic mass is 9.81. The first-order chi connectivity index (χ1) is 7.00. The van der Waals surface area contributed by atoms with Crippen LogP contribution in [0.4, 0.5) is 0 Å². The van der Waals surface area contributed by atoms with Gasteiger partial charge in [0, 0.05) is 0 Å². The van der Waals surface area contributed by atoms with E-state index in [0.717, 1.165) is 6.42 Å². The molecule has 1 heterocycles. The molecule has 0 spiro atoms. The Labute approximate surface area is 87.4 Å². The van der Waals surface area contributed by atoms with Gasteiger partial charge in [-0.1, -0.05) is 6.92 Å². The summed E-state index contributed by atoms with van der Waals surface area (Å²) >= 11 is 0. The lowest BCUT2D eigenvalue weighted by Gasteiger charge is -2.10. The average molecular weight is 212 g/mol. The lowest BCUT2D eigenvalue weighted by molar-refractivity contribution is -0.133. The zero-order valence-corrected chi connectivity index (χ0v) is 8.38. The zero-order chi connectivity index (χ0) is 11.2. The summed E-state index contributed by atoms with van der Waals surface area (Å²) < 4.78 is 10.6. The molecular weight excluding hydrogens is 199 g/mol. The topological polar surface area (TPSA) is 105 Å². The first kappa shape index (κ1) is 10.4. The normalized spacial score (nSPS) is 39.1. The van der Waals surface area contributed by atoms with Gasteiger partial charge in [0.15, 0.2) is 12.2 Å². The molecule has 1 saturated carbocycles. The molecule has 1 aliphatic heterocycles. The predicted octanol–water partition coefficient (Wildman–Crippen LogP) is -1.36. The Kier molecular flexibility index (Phi) is 2.43. The van der Waals surface area contributed by atoms with Crippen LogP contribution in [0.3, 0.4) is 0 Å². The van der Waals surface area contributed by atoms with Crippen molar-refractivity contribution in [3.8, 4) is 0 Å². The van der Waals surface area contributed by atoms with Gasteiger partial charge in [-0.25, -0.2) is 0 Å². The zero-order valence-electron chi connectivity index (χ0n) is 8.38. The van der Waals surface area contributed by atoms with Gasteiger partial charge < -0.3 is 20.8 Å². The summed E-state index contributed by atoms with van der Waals surface area (Å²) in [6.07, 6.45) is -1.11.